The Morgan fingerprint density at radius 3 is 2.46 bits per heavy atom. The molecular weight excluding hydrogens is 183 g/mol. The van der Waals surface area contributed by atoms with E-state index in [0.29, 0.717) is 0 Å². The molecule has 2 nitrogen and oxygen atoms in total. The number of halogens is 3. The highest BCUT2D eigenvalue weighted by molar-refractivity contribution is 6.00. The number of terminal acetylenes is 1. The molecule has 0 aromatic carbocycles. The van der Waals surface area contributed by atoms with Crippen molar-refractivity contribution in [2.75, 3.05) is 13.1 Å². The first-order valence-corrected chi connectivity index (χ1v) is 3.72. The maximum Gasteiger partial charge on any atom is 0.403 e. The van der Waals surface area contributed by atoms with Crippen LogP contribution < -0.4 is 5.32 Å². The van der Waals surface area contributed by atoms with E-state index in [2.05, 4.69) is 5.32 Å². The fraction of sp³-hybridized carbons (Fsp3) is 0.625. The quantitative estimate of drug-likeness (QED) is 0.489. The second kappa shape index (κ2) is 3.04. The number of ketones is 1. The van der Waals surface area contributed by atoms with E-state index in [1.54, 1.807) is 5.92 Å². The van der Waals surface area contributed by atoms with E-state index in [1.807, 2.05) is 0 Å². The predicted molar refractivity (Wildman–Crippen MR) is 39.8 cm³/mol. The summed E-state index contributed by atoms with van der Waals surface area (Å²) in [5, 5.41) is 2.50. The molecule has 0 spiro atoms. The number of rotatable bonds is 1. The maximum absolute atomic E-state index is 12.5. The van der Waals surface area contributed by atoms with Gasteiger partial charge in [-0.3, -0.25) is 4.79 Å². The fourth-order valence-electron chi connectivity index (χ4n) is 1.39. The zero-order valence-electron chi connectivity index (χ0n) is 6.74. The van der Waals surface area contributed by atoms with Crippen molar-refractivity contribution >= 4 is 5.78 Å². The maximum atomic E-state index is 12.5. The summed E-state index contributed by atoms with van der Waals surface area (Å²) in [4.78, 5) is 11.0. The van der Waals surface area contributed by atoms with Crippen LogP contribution in [0.5, 0.6) is 0 Å². The van der Waals surface area contributed by atoms with Crippen LogP contribution in [-0.2, 0) is 4.79 Å². The topological polar surface area (TPSA) is 29.1 Å². The van der Waals surface area contributed by atoms with E-state index in [4.69, 9.17) is 6.42 Å². The van der Waals surface area contributed by atoms with Crippen molar-refractivity contribution in [3.63, 3.8) is 0 Å². The molecular formula is C8H8F3NO. The van der Waals surface area contributed by atoms with E-state index >= 15 is 0 Å². The Morgan fingerprint density at radius 1 is 1.54 bits per heavy atom. The lowest BCUT2D eigenvalue weighted by Crippen LogP contribution is -2.46. The van der Waals surface area contributed by atoms with Gasteiger partial charge in [0.05, 0.1) is 0 Å². The van der Waals surface area contributed by atoms with Gasteiger partial charge in [0, 0.05) is 6.54 Å². The first-order chi connectivity index (χ1) is 5.94. The van der Waals surface area contributed by atoms with Crippen LogP contribution in [0.25, 0.3) is 0 Å². The molecule has 0 saturated carbocycles. The summed E-state index contributed by atoms with van der Waals surface area (Å²) in [6, 6.07) is 0. The van der Waals surface area contributed by atoms with Gasteiger partial charge in [-0.15, -0.1) is 6.42 Å². The predicted octanol–water partition coefficient (Wildman–Crippen LogP) is 0.731. The van der Waals surface area contributed by atoms with Gasteiger partial charge < -0.3 is 5.32 Å². The van der Waals surface area contributed by atoms with E-state index in [0.717, 1.165) is 0 Å². The molecule has 1 fully saturated rings. The Labute approximate surface area is 73.5 Å². The summed E-state index contributed by atoms with van der Waals surface area (Å²) >= 11 is 0. The van der Waals surface area contributed by atoms with Crippen LogP contribution in [0.2, 0.25) is 0 Å². The average Bonchev–Trinajstić information content (AvgIpc) is 2.50. The van der Waals surface area contributed by atoms with E-state index in [1.165, 1.54) is 0 Å². The summed E-state index contributed by atoms with van der Waals surface area (Å²) < 4.78 is 37.5. The van der Waals surface area contributed by atoms with Crippen LogP contribution in [0.3, 0.4) is 0 Å². The zero-order valence-corrected chi connectivity index (χ0v) is 6.74. The monoisotopic (exact) mass is 191 g/mol. The van der Waals surface area contributed by atoms with Gasteiger partial charge in [0.1, 0.15) is 0 Å². The van der Waals surface area contributed by atoms with Gasteiger partial charge in [-0.05, 0) is 18.9 Å². The second-order valence-corrected chi connectivity index (χ2v) is 2.98. The summed E-state index contributed by atoms with van der Waals surface area (Å²) in [5.74, 6) is 0.379. The van der Waals surface area contributed by atoms with Gasteiger partial charge in [-0.25, -0.2) is 0 Å². The first-order valence-electron chi connectivity index (χ1n) is 3.72. The summed E-state index contributed by atoms with van der Waals surface area (Å²) in [5.41, 5.74) is -2.35. The third-order valence-electron chi connectivity index (χ3n) is 2.26. The van der Waals surface area contributed by atoms with Crippen LogP contribution in [0, 0.1) is 17.8 Å². The van der Waals surface area contributed by atoms with Crippen molar-refractivity contribution < 1.29 is 18.0 Å². The lowest BCUT2D eigenvalue weighted by Gasteiger charge is -2.26. The highest BCUT2D eigenvalue weighted by Gasteiger charge is 2.60. The van der Waals surface area contributed by atoms with Crippen molar-refractivity contribution in [1.82, 2.24) is 5.32 Å². The number of carbonyl (C=O) groups is 1. The standard InChI is InChI=1S/C8H8F3NO/c1-2-6(13)7(8(9,10)11)3-4-12-5-7/h1,12H,3-5H2. The molecule has 0 bridgehead atoms. The van der Waals surface area contributed by atoms with Crippen molar-refractivity contribution in [3.05, 3.63) is 0 Å². The van der Waals surface area contributed by atoms with Crippen LogP contribution >= 0.6 is 0 Å². The number of Topliss-reactive ketones (excluding diaryl/α,β-unsaturated/α-hetero) is 1. The Bertz CT molecular complexity index is 258. The molecule has 72 valence electrons. The van der Waals surface area contributed by atoms with Crippen molar-refractivity contribution in [2.45, 2.75) is 12.6 Å². The van der Waals surface area contributed by atoms with Gasteiger partial charge in [-0.2, -0.15) is 13.2 Å². The summed E-state index contributed by atoms with van der Waals surface area (Å²) in [6.07, 6.45) is -0.114. The lowest BCUT2D eigenvalue weighted by molar-refractivity contribution is -0.211. The minimum Gasteiger partial charge on any atom is -0.315 e. The van der Waals surface area contributed by atoms with Crippen LogP contribution in [-0.4, -0.2) is 25.0 Å². The third-order valence-corrected chi connectivity index (χ3v) is 2.26. The van der Waals surface area contributed by atoms with Crippen molar-refractivity contribution in [2.24, 2.45) is 5.41 Å². The molecule has 0 aromatic heterocycles. The van der Waals surface area contributed by atoms with Gasteiger partial charge in [-0.1, -0.05) is 0 Å². The number of alkyl halides is 3. The number of carbonyl (C=O) groups excluding carboxylic acids is 1. The molecule has 1 unspecified atom stereocenters. The number of hydrogen-bond donors (Lipinski definition) is 1. The van der Waals surface area contributed by atoms with E-state index in [9.17, 15) is 18.0 Å². The first kappa shape index (κ1) is 10.1. The largest absolute Gasteiger partial charge is 0.403 e. The van der Waals surface area contributed by atoms with E-state index < -0.39 is 23.9 Å². The molecule has 1 saturated heterocycles. The molecule has 1 rings (SSSR count). The lowest BCUT2D eigenvalue weighted by atomic mass is 9.82. The highest BCUT2D eigenvalue weighted by Crippen LogP contribution is 2.43. The fourth-order valence-corrected chi connectivity index (χ4v) is 1.39. The molecule has 0 aromatic rings. The van der Waals surface area contributed by atoms with Gasteiger partial charge >= 0.3 is 6.18 Å². The van der Waals surface area contributed by atoms with E-state index in [-0.39, 0.29) is 13.0 Å². The molecule has 1 aliphatic rings. The molecule has 1 aliphatic heterocycles. The normalized spacial score (nSPS) is 28.5. The number of nitrogens with one attached hydrogen (secondary N) is 1. The molecule has 0 radical (unpaired) electrons. The Balaban J connectivity index is 3.03. The summed E-state index contributed by atoms with van der Waals surface area (Å²) in [6.45, 7) is -0.230. The highest BCUT2D eigenvalue weighted by atomic mass is 19.4. The molecule has 1 heterocycles. The van der Waals surface area contributed by atoms with Gasteiger partial charge in [0.25, 0.3) is 0 Å². The molecule has 0 aliphatic carbocycles. The molecule has 1 N–H and O–H groups in total. The van der Waals surface area contributed by atoms with Crippen molar-refractivity contribution in [3.8, 4) is 12.3 Å². The Morgan fingerprint density at radius 2 is 2.15 bits per heavy atom. The van der Waals surface area contributed by atoms with Gasteiger partial charge in [0.15, 0.2) is 5.41 Å². The molecule has 13 heavy (non-hydrogen) atoms. The minimum absolute atomic E-state index is 0.174. The SMILES string of the molecule is C#CC(=O)C1(C(F)(F)F)CCNC1. The minimum atomic E-state index is -4.56. The van der Waals surface area contributed by atoms with Crippen LogP contribution in [0.15, 0.2) is 0 Å². The molecule has 5 heteroatoms. The third kappa shape index (κ3) is 1.42. The second-order valence-electron chi connectivity index (χ2n) is 2.98. The van der Waals surface area contributed by atoms with Crippen LogP contribution in [0.1, 0.15) is 6.42 Å². The zero-order chi connectivity index (χ0) is 10.1. The smallest absolute Gasteiger partial charge is 0.315 e. The average molecular weight is 191 g/mol. The molecule has 0 amide bonds. The Kier molecular flexibility index (Phi) is 2.35. The number of hydrogen-bond acceptors (Lipinski definition) is 2. The summed E-state index contributed by atoms with van der Waals surface area (Å²) in [7, 11) is 0. The van der Waals surface area contributed by atoms with Gasteiger partial charge in [0.2, 0.25) is 5.78 Å². The Hall–Kier alpha value is -1.02. The molecule has 1 atom stereocenters. The van der Waals surface area contributed by atoms with Crippen molar-refractivity contribution in [1.29, 1.82) is 0 Å². The van der Waals surface area contributed by atoms with Crippen LogP contribution in [0.4, 0.5) is 13.2 Å².